The smallest absolute Gasteiger partial charge is 0.149 e. The summed E-state index contributed by atoms with van der Waals surface area (Å²) in [7, 11) is 0. The molecule has 0 radical (unpaired) electrons. The van der Waals surface area contributed by atoms with Crippen LogP contribution < -0.4 is 10.5 Å². The van der Waals surface area contributed by atoms with Crippen molar-refractivity contribution in [3.8, 4) is 0 Å². The summed E-state index contributed by atoms with van der Waals surface area (Å²) >= 11 is 0. The average molecular weight is 145 g/mol. The van der Waals surface area contributed by atoms with Crippen LogP contribution in [0.3, 0.4) is 0 Å². The standard InChI is InChI=1S/C5H10N2O3/c8-5(9)6-7-1-3-10-4-2-7/h6H,1-4H2,(H,8,9)/p-1. The number of carbonyl (C=O) groups is 1. The van der Waals surface area contributed by atoms with Crippen molar-refractivity contribution in [3.05, 3.63) is 0 Å². The quantitative estimate of drug-likeness (QED) is 0.471. The van der Waals surface area contributed by atoms with Gasteiger partial charge in [0.2, 0.25) is 0 Å². The van der Waals surface area contributed by atoms with Crippen LogP contribution in [0.25, 0.3) is 0 Å². The zero-order valence-electron chi connectivity index (χ0n) is 5.50. The van der Waals surface area contributed by atoms with Gasteiger partial charge in [0.25, 0.3) is 0 Å². The lowest BCUT2D eigenvalue weighted by Crippen LogP contribution is -2.52. The van der Waals surface area contributed by atoms with Crippen LogP contribution in [0.5, 0.6) is 0 Å². The fourth-order valence-corrected chi connectivity index (χ4v) is 0.804. The Bertz CT molecular complexity index is 122. The zero-order chi connectivity index (χ0) is 7.40. The monoisotopic (exact) mass is 145 g/mol. The topological polar surface area (TPSA) is 64.6 Å². The number of carbonyl (C=O) groups excluding carboxylic acids is 1. The number of nitrogens with one attached hydrogen (secondary N) is 1. The molecule has 1 fully saturated rings. The molecular weight excluding hydrogens is 136 g/mol. The van der Waals surface area contributed by atoms with Crippen molar-refractivity contribution in [1.82, 2.24) is 10.4 Å². The minimum Gasteiger partial charge on any atom is -0.529 e. The Morgan fingerprint density at radius 3 is 2.60 bits per heavy atom. The van der Waals surface area contributed by atoms with Gasteiger partial charge < -0.3 is 20.1 Å². The Balaban J connectivity index is 2.19. The first-order valence-electron chi connectivity index (χ1n) is 3.09. The van der Waals surface area contributed by atoms with E-state index in [1.165, 1.54) is 0 Å². The number of ether oxygens (including phenoxy) is 1. The number of rotatable bonds is 1. The van der Waals surface area contributed by atoms with Crippen LogP contribution in [-0.4, -0.2) is 37.4 Å². The SMILES string of the molecule is O=C([O-])NN1CCOCC1. The highest BCUT2D eigenvalue weighted by atomic mass is 16.5. The van der Waals surface area contributed by atoms with Crippen molar-refractivity contribution in [1.29, 1.82) is 0 Å². The molecule has 0 unspecified atom stereocenters. The van der Waals surface area contributed by atoms with E-state index < -0.39 is 6.09 Å². The molecule has 0 atom stereocenters. The summed E-state index contributed by atoms with van der Waals surface area (Å²) in [4.78, 5) is 9.96. The fraction of sp³-hybridized carbons (Fsp3) is 0.800. The van der Waals surface area contributed by atoms with Gasteiger partial charge in [-0.05, 0) is 0 Å². The van der Waals surface area contributed by atoms with Gasteiger partial charge in [-0.2, -0.15) is 0 Å². The molecule has 1 amide bonds. The van der Waals surface area contributed by atoms with Gasteiger partial charge >= 0.3 is 0 Å². The molecule has 58 valence electrons. The molecule has 1 N–H and O–H groups in total. The lowest BCUT2D eigenvalue weighted by molar-refractivity contribution is -0.257. The Hall–Kier alpha value is -0.810. The van der Waals surface area contributed by atoms with Crippen LogP contribution in [-0.2, 0) is 4.74 Å². The Morgan fingerprint density at radius 1 is 1.50 bits per heavy atom. The summed E-state index contributed by atoms with van der Waals surface area (Å²) in [5.41, 5.74) is 2.14. The van der Waals surface area contributed by atoms with Crippen LogP contribution in [0.1, 0.15) is 0 Å². The Kier molecular flexibility index (Phi) is 2.47. The molecule has 0 aromatic rings. The van der Waals surface area contributed by atoms with Crippen molar-refractivity contribution >= 4 is 6.09 Å². The largest absolute Gasteiger partial charge is 0.529 e. The van der Waals surface area contributed by atoms with E-state index in [9.17, 15) is 9.90 Å². The maximum Gasteiger partial charge on any atom is 0.149 e. The predicted octanol–water partition coefficient (Wildman–Crippen LogP) is -1.83. The highest BCUT2D eigenvalue weighted by Gasteiger charge is 2.08. The van der Waals surface area contributed by atoms with E-state index in [1.54, 1.807) is 5.01 Å². The Morgan fingerprint density at radius 2 is 2.10 bits per heavy atom. The number of hydrogen-bond donors (Lipinski definition) is 1. The van der Waals surface area contributed by atoms with E-state index >= 15 is 0 Å². The van der Waals surface area contributed by atoms with Gasteiger partial charge in [0.1, 0.15) is 6.09 Å². The molecule has 0 aromatic heterocycles. The van der Waals surface area contributed by atoms with Crippen molar-refractivity contribution in [2.24, 2.45) is 0 Å². The molecule has 1 rings (SSSR count). The molecule has 0 bridgehead atoms. The number of hydrazine groups is 1. The summed E-state index contributed by atoms with van der Waals surface area (Å²) in [6.45, 7) is 2.32. The molecule has 1 heterocycles. The molecule has 1 aliphatic rings. The van der Waals surface area contributed by atoms with Crippen molar-refractivity contribution < 1.29 is 14.6 Å². The number of carboxylic acid groups (broad SMARTS) is 1. The molecule has 5 heteroatoms. The van der Waals surface area contributed by atoms with Crippen molar-refractivity contribution in [2.45, 2.75) is 0 Å². The second kappa shape index (κ2) is 3.38. The number of nitrogens with zero attached hydrogens (tertiary/aromatic N) is 1. The van der Waals surface area contributed by atoms with Gasteiger partial charge in [-0.3, -0.25) is 0 Å². The molecule has 0 saturated carbocycles. The third-order valence-electron chi connectivity index (χ3n) is 1.26. The molecule has 5 nitrogen and oxygen atoms in total. The minimum absolute atomic E-state index is 0.570. The van der Waals surface area contributed by atoms with Crippen molar-refractivity contribution in [3.63, 3.8) is 0 Å². The van der Waals surface area contributed by atoms with Crippen molar-refractivity contribution in [2.75, 3.05) is 26.3 Å². The van der Waals surface area contributed by atoms with Gasteiger partial charge in [0, 0.05) is 13.1 Å². The molecular formula is C5H9N2O3-. The summed E-state index contributed by atoms with van der Waals surface area (Å²) in [6, 6.07) is 0. The second-order valence-electron chi connectivity index (χ2n) is 2.00. The van der Waals surface area contributed by atoms with E-state index in [2.05, 4.69) is 5.43 Å². The summed E-state index contributed by atoms with van der Waals surface area (Å²) in [5.74, 6) is 0. The first kappa shape index (κ1) is 7.30. The molecule has 10 heavy (non-hydrogen) atoms. The summed E-state index contributed by atoms with van der Waals surface area (Å²) in [6.07, 6.45) is -1.26. The highest BCUT2D eigenvalue weighted by molar-refractivity contribution is 5.61. The lowest BCUT2D eigenvalue weighted by atomic mass is 10.5. The number of hydrogen-bond acceptors (Lipinski definition) is 4. The minimum atomic E-state index is -1.26. The van der Waals surface area contributed by atoms with E-state index in [0.717, 1.165) is 0 Å². The molecule has 1 saturated heterocycles. The molecule has 0 spiro atoms. The summed E-state index contributed by atoms with van der Waals surface area (Å²) < 4.78 is 4.99. The van der Waals surface area contributed by atoms with E-state index in [0.29, 0.717) is 26.3 Å². The average Bonchev–Trinajstić information content (AvgIpc) is 1.88. The maximum atomic E-state index is 9.96. The Labute approximate surface area is 58.5 Å². The second-order valence-corrected chi connectivity index (χ2v) is 2.00. The lowest BCUT2D eigenvalue weighted by Gasteiger charge is -2.27. The van der Waals surface area contributed by atoms with Gasteiger partial charge in [-0.25, -0.2) is 5.01 Å². The van der Waals surface area contributed by atoms with E-state index in [-0.39, 0.29) is 0 Å². The maximum absolute atomic E-state index is 9.96. The third-order valence-corrected chi connectivity index (χ3v) is 1.26. The van der Waals surface area contributed by atoms with Gasteiger partial charge in [-0.15, -0.1) is 0 Å². The van der Waals surface area contributed by atoms with Crippen LogP contribution in [0.4, 0.5) is 4.79 Å². The molecule has 0 aliphatic carbocycles. The van der Waals surface area contributed by atoms with E-state index in [1.807, 2.05) is 0 Å². The normalized spacial score (nSPS) is 20.4. The van der Waals surface area contributed by atoms with E-state index in [4.69, 9.17) is 4.74 Å². The summed E-state index contributed by atoms with van der Waals surface area (Å²) in [5, 5.41) is 11.5. The number of morpholine rings is 1. The molecule has 0 aromatic carbocycles. The van der Waals surface area contributed by atoms with Crippen LogP contribution in [0.15, 0.2) is 0 Å². The fourth-order valence-electron chi connectivity index (χ4n) is 0.804. The number of amides is 1. The van der Waals surface area contributed by atoms with Crippen LogP contribution in [0, 0.1) is 0 Å². The van der Waals surface area contributed by atoms with Crippen LogP contribution >= 0.6 is 0 Å². The van der Waals surface area contributed by atoms with Crippen LogP contribution in [0.2, 0.25) is 0 Å². The van der Waals surface area contributed by atoms with Gasteiger partial charge in [0.15, 0.2) is 0 Å². The molecule has 1 aliphatic heterocycles. The zero-order valence-corrected chi connectivity index (χ0v) is 5.50. The third kappa shape index (κ3) is 2.20. The highest BCUT2D eigenvalue weighted by Crippen LogP contribution is 1.90. The van der Waals surface area contributed by atoms with Gasteiger partial charge in [-0.1, -0.05) is 0 Å². The predicted molar refractivity (Wildman–Crippen MR) is 30.9 cm³/mol. The first-order valence-corrected chi connectivity index (χ1v) is 3.09. The van der Waals surface area contributed by atoms with Gasteiger partial charge in [0.05, 0.1) is 13.2 Å². The first-order chi connectivity index (χ1) is 4.79.